The lowest BCUT2D eigenvalue weighted by atomic mass is 10.1. The van der Waals surface area contributed by atoms with E-state index in [-0.39, 0.29) is 41.7 Å². The number of carbonyl (C=O) groups excluding carboxylic acids is 1. The number of oxime groups is 1. The van der Waals surface area contributed by atoms with Crippen LogP contribution in [0.5, 0.6) is 0 Å². The van der Waals surface area contributed by atoms with Crippen molar-refractivity contribution < 1.29 is 41.1 Å². The number of aromatic nitrogens is 1. The first kappa shape index (κ1) is 31.5. The molecule has 13 nitrogen and oxygen atoms in total. The van der Waals surface area contributed by atoms with Gasteiger partial charge in [-0.1, -0.05) is 24.8 Å². The standard InChI is InChI=1S/C19H24N6O5S.C2HF3O2/c1-3-13-4-6-15(7-5-13)31(28,29)25-17-14(10-12(2)23-18(17)27)11-16(26)22-8-9-30-24-19(20)21;3-2(4,5)1(6)7/h3-7,10,25H,1,8-9,11H2,2H3,(H,22,26)(H,23,27)(H4,20,21,24);(H,6,7). The van der Waals surface area contributed by atoms with Crippen LogP contribution in [0.3, 0.4) is 0 Å². The lowest BCUT2D eigenvalue weighted by Gasteiger charge is -2.13. The average molecular weight is 563 g/mol. The molecule has 0 radical (unpaired) electrons. The number of nitrogens with one attached hydrogen (secondary N) is 3. The van der Waals surface area contributed by atoms with Crippen molar-refractivity contribution in [3.63, 3.8) is 0 Å². The van der Waals surface area contributed by atoms with Gasteiger partial charge >= 0.3 is 12.1 Å². The van der Waals surface area contributed by atoms with Crippen molar-refractivity contribution in [3.05, 3.63) is 64.1 Å². The molecule has 1 aromatic carbocycles. The summed E-state index contributed by atoms with van der Waals surface area (Å²) in [6.07, 6.45) is -3.74. The summed E-state index contributed by atoms with van der Waals surface area (Å²) in [4.78, 5) is 40.8. The molecule has 0 saturated carbocycles. The van der Waals surface area contributed by atoms with Gasteiger partial charge in [0.2, 0.25) is 11.9 Å². The predicted molar refractivity (Wildman–Crippen MR) is 131 cm³/mol. The zero-order chi connectivity index (χ0) is 29.1. The Morgan fingerprint density at radius 2 is 1.82 bits per heavy atom. The summed E-state index contributed by atoms with van der Waals surface area (Å²) in [5, 5.41) is 13.0. The van der Waals surface area contributed by atoms with Crippen molar-refractivity contribution in [1.29, 1.82) is 0 Å². The highest BCUT2D eigenvalue weighted by molar-refractivity contribution is 7.92. The van der Waals surface area contributed by atoms with Crippen molar-refractivity contribution in [3.8, 4) is 0 Å². The summed E-state index contributed by atoms with van der Waals surface area (Å²) in [6, 6.07) is 7.48. The van der Waals surface area contributed by atoms with Crippen LogP contribution >= 0.6 is 0 Å². The van der Waals surface area contributed by atoms with Gasteiger partial charge in [0.25, 0.3) is 15.6 Å². The maximum absolute atomic E-state index is 12.7. The molecule has 0 fully saturated rings. The number of anilines is 1. The molecule has 0 spiro atoms. The number of carbonyl (C=O) groups is 2. The van der Waals surface area contributed by atoms with Crippen LogP contribution in [0.15, 0.2) is 51.8 Å². The molecule has 0 aliphatic carbocycles. The lowest BCUT2D eigenvalue weighted by molar-refractivity contribution is -0.192. The Morgan fingerprint density at radius 1 is 1.24 bits per heavy atom. The predicted octanol–water partition coefficient (Wildman–Crippen LogP) is 0.624. The zero-order valence-electron chi connectivity index (χ0n) is 19.8. The Bertz CT molecular complexity index is 1340. The van der Waals surface area contributed by atoms with Crippen LogP contribution in [-0.4, -0.2) is 55.7 Å². The molecule has 0 atom stereocenters. The molecule has 1 amide bonds. The largest absolute Gasteiger partial charge is 0.490 e. The van der Waals surface area contributed by atoms with Gasteiger partial charge in [0.05, 0.1) is 17.9 Å². The van der Waals surface area contributed by atoms with Crippen molar-refractivity contribution in [1.82, 2.24) is 10.3 Å². The molecule has 0 saturated heterocycles. The Hall–Kier alpha value is -4.54. The number of nitrogens with zero attached hydrogens (tertiary/aromatic N) is 1. The van der Waals surface area contributed by atoms with E-state index in [1.165, 1.54) is 18.2 Å². The topological polar surface area (TPSA) is 219 Å². The number of aliphatic carboxylic acids is 1. The van der Waals surface area contributed by atoms with Gasteiger partial charge in [0.15, 0.2) is 0 Å². The number of pyridine rings is 1. The van der Waals surface area contributed by atoms with E-state index in [2.05, 4.69) is 26.8 Å². The summed E-state index contributed by atoms with van der Waals surface area (Å²) in [5.74, 6) is -3.46. The van der Waals surface area contributed by atoms with E-state index in [0.29, 0.717) is 5.69 Å². The summed E-state index contributed by atoms with van der Waals surface area (Å²) in [5.41, 5.74) is 10.8. The van der Waals surface area contributed by atoms with Crippen LogP contribution in [-0.2, 0) is 30.9 Å². The number of halogens is 3. The maximum atomic E-state index is 12.7. The number of guanidine groups is 1. The van der Waals surface area contributed by atoms with E-state index in [1.807, 2.05) is 0 Å². The van der Waals surface area contributed by atoms with Gasteiger partial charge < -0.3 is 31.7 Å². The van der Waals surface area contributed by atoms with Crippen LogP contribution in [0.25, 0.3) is 6.08 Å². The fraction of sp³-hybridized carbons (Fsp3) is 0.238. The van der Waals surface area contributed by atoms with Gasteiger partial charge in [-0.2, -0.15) is 13.2 Å². The fourth-order valence-electron chi connectivity index (χ4n) is 2.58. The highest BCUT2D eigenvalue weighted by Crippen LogP contribution is 2.19. The maximum Gasteiger partial charge on any atom is 0.490 e. The van der Waals surface area contributed by atoms with Crippen molar-refractivity contribution in [2.45, 2.75) is 24.4 Å². The van der Waals surface area contributed by atoms with Gasteiger partial charge in [0.1, 0.15) is 12.3 Å². The third-order valence-corrected chi connectivity index (χ3v) is 5.56. The van der Waals surface area contributed by atoms with Gasteiger partial charge in [-0.15, -0.1) is 0 Å². The summed E-state index contributed by atoms with van der Waals surface area (Å²) in [7, 11) is -4.06. The van der Waals surface area contributed by atoms with E-state index in [4.69, 9.17) is 26.2 Å². The quantitative estimate of drug-likeness (QED) is 0.103. The summed E-state index contributed by atoms with van der Waals surface area (Å²) < 4.78 is 59.5. The number of sulfonamides is 1. The van der Waals surface area contributed by atoms with Gasteiger partial charge in [-0.25, -0.2) is 13.2 Å². The Labute approximate surface area is 214 Å². The number of hydrogen-bond donors (Lipinski definition) is 6. The molecular weight excluding hydrogens is 537 g/mol. The molecule has 38 heavy (non-hydrogen) atoms. The van der Waals surface area contributed by atoms with Gasteiger partial charge in [0, 0.05) is 5.69 Å². The third-order valence-electron chi connectivity index (χ3n) is 4.19. The number of hydrogen-bond acceptors (Lipinski definition) is 7. The Kier molecular flexibility index (Phi) is 11.3. The monoisotopic (exact) mass is 562 g/mol. The second-order valence-corrected chi connectivity index (χ2v) is 8.92. The number of alkyl halides is 3. The average Bonchev–Trinajstić information content (AvgIpc) is 2.80. The van der Waals surface area contributed by atoms with Gasteiger partial charge in [-0.3, -0.25) is 14.3 Å². The number of rotatable bonds is 10. The zero-order valence-corrected chi connectivity index (χ0v) is 20.6. The number of amides is 1. The van der Waals surface area contributed by atoms with Crippen molar-refractivity contribution >= 4 is 39.6 Å². The highest BCUT2D eigenvalue weighted by atomic mass is 32.2. The number of aryl methyl sites for hydroxylation is 1. The number of benzene rings is 1. The first-order valence-electron chi connectivity index (χ1n) is 10.3. The molecule has 1 aromatic heterocycles. The molecule has 0 aliphatic heterocycles. The number of carboxylic acids is 1. The van der Waals surface area contributed by atoms with E-state index in [1.54, 1.807) is 25.1 Å². The molecule has 0 aliphatic rings. The van der Waals surface area contributed by atoms with Crippen LogP contribution < -0.4 is 27.1 Å². The second-order valence-electron chi connectivity index (χ2n) is 7.24. The molecule has 0 unspecified atom stereocenters. The Morgan fingerprint density at radius 3 is 2.32 bits per heavy atom. The minimum Gasteiger partial charge on any atom is -0.475 e. The van der Waals surface area contributed by atoms with Gasteiger partial charge in [-0.05, 0) is 41.4 Å². The van der Waals surface area contributed by atoms with Crippen LogP contribution in [0.4, 0.5) is 18.9 Å². The molecule has 0 bridgehead atoms. The molecule has 208 valence electrons. The SMILES string of the molecule is C=Cc1ccc(S(=O)(=O)Nc2c(CC(=O)NCCON=C(N)N)cc(C)[nH]c2=O)cc1.O=C(O)C(F)(F)F. The second kappa shape index (κ2) is 13.7. The number of carboxylic acid groups (broad SMARTS) is 1. The van der Waals surface area contributed by atoms with E-state index < -0.39 is 33.6 Å². The first-order chi connectivity index (χ1) is 17.6. The summed E-state index contributed by atoms with van der Waals surface area (Å²) >= 11 is 0. The fourth-order valence-corrected chi connectivity index (χ4v) is 3.68. The first-order valence-corrected chi connectivity index (χ1v) is 11.8. The van der Waals surface area contributed by atoms with Crippen LogP contribution in [0, 0.1) is 6.92 Å². The van der Waals surface area contributed by atoms with Crippen molar-refractivity contribution in [2.75, 3.05) is 17.9 Å². The minimum atomic E-state index is -5.08. The molecular formula is C21H25F3N6O7S. The van der Waals surface area contributed by atoms with Crippen LogP contribution in [0.1, 0.15) is 16.8 Å². The molecule has 1 heterocycles. The summed E-state index contributed by atoms with van der Waals surface area (Å²) in [6.45, 7) is 5.37. The Balaban J connectivity index is 0.000000905. The number of nitrogens with two attached hydrogens (primary N) is 2. The molecule has 2 aromatic rings. The minimum absolute atomic E-state index is 0.0260. The molecule has 8 N–H and O–H groups in total. The highest BCUT2D eigenvalue weighted by Gasteiger charge is 2.38. The smallest absolute Gasteiger partial charge is 0.475 e. The lowest BCUT2D eigenvalue weighted by Crippen LogP contribution is -2.30. The molecule has 17 heteroatoms. The number of aromatic amines is 1. The van der Waals surface area contributed by atoms with E-state index in [0.717, 1.165) is 5.56 Å². The third kappa shape index (κ3) is 10.6. The van der Waals surface area contributed by atoms with Crippen LogP contribution in [0.2, 0.25) is 0 Å². The normalized spacial score (nSPS) is 10.8. The number of H-pyrrole nitrogens is 1. The molecule has 2 rings (SSSR count). The van der Waals surface area contributed by atoms with E-state index in [9.17, 15) is 31.2 Å². The van der Waals surface area contributed by atoms with E-state index >= 15 is 0 Å². The van der Waals surface area contributed by atoms with Crippen molar-refractivity contribution in [2.24, 2.45) is 16.6 Å².